The largest absolute Gasteiger partial charge is 0.493 e. The van der Waals surface area contributed by atoms with Crippen LogP contribution < -0.4 is 14.8 Å². The van der Waals surface area contributed by atoms with Crippen molar-refractivity contribution in [3.05, 3.63) is 46.3 Å². The number of carbonyl (C=O) groups is 1. The van der Waals surface area contributed by atoms with E-state index in [-0.39, 0.29) is 5.91 Å². The minimum Gasteiger partial charge on any atom is -0.493 e. The summed E-state index contributed by atoms with van der Waals surface area (Å²) in [7, 11) is 3.19. The van der Waals surface area contributed by atoms with E-state index in [1.54, 1.807) is 25.6 Å². The summed E-state index contributed by atoms with van der Waals surface area (Å²) in [5, 5.41) is 4.92. The summed E-state index contributed by atoms with van der Waals surface area (Å²) in [6.45, 7) is 0.412. The fraction of sp³-hybridized carbons (Fsp3) is 0.176. The van der Waals surface area contributed by atoms with E-state index in [1.807, 2.05) is 40.2 Å². The fourth-order valence-corrected chi connectivity index (χ4v) is 4.34. The Bertz CT molecular complexity index is 1060. The van der Waals surface area contributed by atoms with Gasteiger partial charge in [0.05, 0.1) is 24.6 Å². The van der Waals surface area contributed by atoms with Gasteiger partial charge in [0.15, 0.2) is 16.5 Å². The molecule has 1 aromatic carbocycles. The van der Waals surface area contributed by atoms with Crippen LogP contribution in [0, 0.1) is 0 Å². The molecule has 6 nitrogen and oxygen atoms in total. The number of hydrogen-bond acceptors (Lipinski definition) is 6. The molecule has 0 spiro atoms. The highest BCUT2D eigenvalue weighted by Crippen LogP contribution is 2.29. The van der Waals surface area contributed by atoms with Crippen LogP contribution in [0.25, 0.3) is 15.3 Å². The molecule has 4 rings (SSSR count). The fourth-order valence-electron chi connectivity index (χ4n) is 2.62. The SMILES string of the molecule is COc1ccc(CNC(=O)c2cc3c(nc4sccn43)s2)cc1OC. The lowest BCUT2D eigenvalue weighted by Crippen LogP contribution is -2.21. The van der Waals surface area contributed by atoms with Crippen molar-refractivity contribution in [3.8, 4) is 11.5 Å². The molecule has 1 N–H and O–H groups in total. The summed E-state index contributed by atoms with van der Waals surface area (Å²) in [6.07, 6.45) is 1.97. The Kier molecular flexibility index (Phi) is 4.06. The monoisotopic (exact) mass is 373 g/mol. The van der Waals surface area contributed by atoms with Gasteiger partial charge in [-0.1, -0.05) is 6.07 Å². The average Bonchev–Trinajstić information content (AvgIpc) is 3.31. The van der Waals surface area contributed by atoms with Gasteiger partial charge in [0.25, 0.3) is 5.91 Å². The maximum atomic E-state index is 12.4. The van der Waals surface area contributed by atoms with Crippen LogP contribution in [0.15, 0.2) is 35.8 Å². The number of aromatic nitrogens is 2. The number of benzene rings is 1. The number of nitrogens with one attached hydrogen (secondary N) is 1. The lowest BCUT2D eigenvalue weighted by atomic mass is 10.2. The zero-order valence-corrected chi connectivity index (χ0v) is 15.2. The van der Waals surface area contributed by atoms with Gasteiger partial charge < -0.3 is 14.8 Å². The van der Waals surface area contributed by atoms with E-state index >= 15 is 0 Å². The second-order valence-corrected chi connectivity index (χ2v) is 7.24. The second-order valence-electron chi connectivity index (χ2n) is 5.34. The number of thiophene rings is 1. The predicted molar refractivity (Wildman–Crippen MR) is 99.2 cm³/mol. The molecule has 8 heteroatoms. The van der Waals surface area contributed by atoms with E-state index in [0.717, 1.165) is 20.9 Å². The Hall–Kier alpha value is -2.58. The van der Waals surface area contributed by atoms with Crippen LogP contribution in [0.1, 0.15) is 15.2 Å². The summed E-state index contributed by atoms with van der Waals surface area (Å²) >= 11 is 2.98. The lowest BCUT2D eigenvalue weighted by Gasteiger charge is -2.10. The lowest BCUT2D eigenvalue weighted by molar-refractivity contribution is 0.0955. The normalized spacial score (nSPS) is 11.1. The molecule has 0 saturated carbocycles. The van der Waals surface area contributed by atoms with E-state index in [4.69, 9.17) is 9.47 Å². The summed E-state index contributed by atoms with van der Waals surface area (Å²) < 4.78 is 12.5. The van der Waals surface area contributed by atoms with Crippen LogP contribution >= 0.6 is 22.7 Å². The van der Waals surface area contributed by atoms with E-state index in [2.05, 4.69) is 10.3 Å². The molecule has 0 aliphatic rings. The molecule has 3 heterocycles. The van der Waals surface area contributed by atoms with E-state index < -0.39 is 0 Å². The second kappa shape index (κ2) is 6.38. The highest BCUT2D eigenvalue weighted by Gasteiger charge is 2.15. The number of methoxy groups -OCH3 is 2. The molecule has 25 heavy (non-hydrogen) atoms. The topological polar surface area (TPSA) is 64.9 Å². The number of imidazole rings is 1. The number of amides is 1. The van der Waals surface area contributed by atoms with E-state index in [1.165, 1.54) is 11.3 Å². The quantitative estimate of drug-likeness (QED) is 0.581. The van der Waals surface area contributed by atoms with Crippen molar-refractivity contribution in [2.45, 2.75) is 6.54 Å². The Labute approximate surface area is 151 Å². The molecule has 0 atom stereocenters. The number of ether oxygens (including phenoxy) is 2. The zero-order valence-electron chi connectivity index (χ0n) is 13.6. The van der Waals surface area contributed by atoms with Crippen LogP contribution in [-0.2, 0) is 6.54 Å². The smallest absolute Gasteiger partial charge is 0.261 e. The van der Waals surface area contributed by atoms with Crippen molar-refractivity contribution in [2.24, 2.45) is 0 Å². The number of fused-ring (bicyclic) bond motifs is 3. The number of hydrogen-bond donors (Lipinski definition) is 1. The van der Waals surface area contributed by atoms with Crippen LogP contribution in [0.2, 0.25) is 0 Å². The van der Waals surface area contributed by atoms with E-state index in [0.29, 0.717) is 22.9 Å². The summed E-state index contributed by atoms with van der Waals surface area (Å²) in [5.41, 5.74) is 1.91. The van der Waals surface area contributed by atoms with Crippen LogP contribution in [0.4, 0.5) is 0 Å². The molecule has 0 bridgehead atoms. The molecule has 1 amide bonds. The number of thiazole rings is 1. The van der Waals surface area contributed by atoms with E-state index in [9.17, 15) is 4.79 Å². The Balaban J connectivity index is 1.51. The number of rotatable bonds is 5. The molecule has 0 unspecified atom stereocenters. The molecule has 0 fully saturated rings. The summed E-state index contributed by atoms with van der Waals surface area (Å²) in [6, 6.07) is 7.47. The first-order chi connectivity index (χ1) is 12.2. The number of carbonyl (C=O) groups excluding carboxylic acids is 1. The number of nitrogens with zero attached hydrogens (tertiary/aromatic N) is 2. The Morgan fingerprint density at radius 2 is 2.08 bits per heavy atom. The first-order valence-electron chi connectivity index (χ1n) is 7.54. The van der Waals surface area contributed by atoms with Crippen molar-refractivity contribution in [1.29, 1.82) is 0 Å². The third-order valence-electron chi connectivity index (χ3n) is 3.86. The molecule has 0 aliphatic carbocycles. The van der Waals surface area contributed by atoms with Crippen molar-refractivity contribution in [1.82, 2.24) is 14.7 Å². The van der Waals surface area contributed by atoms with Gasteiger partial charge in [0.2, 0.25) is 0 Å². The molecule has 3 aromatic heterocycles. The first kappa shape index (κ1) is 15.9. The predicted octanol–water partition coefficient (Wildman–Crippen LogP) is 3.56. The third-order valence-corrected chi connectivity index (χ3v) is 5.64. The van der Waals surface area contributed by atoms with Gasteiger partial charge in [0, 0.05) is 18.1 Å². The van der Waals surface area contributed by atoms with Gasteiger partial charge in [-0.2, -0.15) is 0 Å². The average molecular weight is 373 g/mol. The maximum Gasteiger partial charge on any atom is 0.261 e. The van der Waals surface area contributed by atoms with Gasteiger partial charge in [-0.15, -0.1) is 22.7 Å². The van der Waals surface area contributed by atoms with Gasteiger partial charge in [-0.3, -0.25) is 9.20 Å². The zero-order chi connectivity index (χ0) is 17.4. The molecular weight excluding hydrogens is 358 g/mol. The highest BCUT2D eigenvalue weighted by atomic mass is 32.1. The van der Waals surface area contributed by atoms with Crippen molar-refractivity contribution < 1.29 is 14.3 Å². The van der Waals surface area contributed by atoms with Crippen LogP contribution in [0.3, 0.4) is 0 Å². The molecule has 0 saturated heterocycles. The highest BCUT2D eigenvalue weighted by molar-refractivity contribution is 7.21. The third kappa shape index (κ3) is 2.83. The van der Waals surface area contributed by atoms with Gasteiger partial charge in [0.1, 0.15) is 4.83 Å². The Morgan fingerprint density at radius 3 is 2.88 bits per heavy atom. The molecule has 4 aromatic rings. The molecule has 0 aliphatic heterocycles. The summed E-state index contributed by atoms with van der Waals surface area (Å²) in [5.74, 6) is 1.20. The van der Waals surface area contributed by atoms with Crippen molar-refractivity contribution in [3.63, 3.8) is 0 Å². The van der Waals surface area contributed by atoms with Crippen LogP contribution in [-0.4, -0.2) is 29.5 Å². The van der Waals surface area contributed by atoms with Crippen molar-refractivity contribution >= 4 is 43.9 Å². The summed E-state index contributed by atoms with van der Waals surface area (Å²) in [4.78, 5) is 19.4. The standard InChI is InChI=1S/C17H15N3O3S2/c1-22-12-4-3-10(7-13(12)23-2)9-18-15(21)14-8-11-16(25-14)19-17-20(11)5-6-24-17/h3-8H,9H2,1-2H3,(H,18,21). The first-order valence-corrected chi connectivity index (χ1v) is 9.23. The Morgan fingerprint density at radius 1 is 1.24 bits per heavy atom. The van der Waals surface area contributed by atoms with Crippen LogP contribution in [0.5, 0.6) is 11.5 Å². The molecule has 128 valence electrons. The van der Waals surface area contributed by atoms with Gasteiger partial charge in [-0.25, -0.2) is 4.98 Å². The van der Waals surface area contributed by atoms with Crippen molar-refractivity contribution in [2.75, 3.05) is 14.2 Å². The maximum absolute atomic E-state index is 12.4. The molecule has 0 radical (unpaired) electrons. The van der Waals surface area contributed by atoms with Gasteiger partial charge in [-0.05, 0) is 23.8 Å². The minimum atomic E-state index is -0.109. The molecular formula is C17H15N3O3S2. The van der Waals surface area contributed by atoms with Gasteiger partial charge >= 0.3 is 0 Å². The minimum absolute atomic E-state index is 0.109.